The fourth-order valence-corrected chi connectivity index (χ4v) is 4.18. The molecule has 2 aromatic rings. The molecule has 3 unspecified atom stereocenters. The summed E-state index contributed by atoms with van der Waals surface area (Å²) in [4.78, 5) is 4.69. The normalized spacial score (nSPS) is 23.9. The van der Waals surface area contributed by atoms with Gasteiger partial charge in [-0.2, -0.15) is 0 Å². The van der Waals surface area contributed by atoms with Crippen molar-refractivity contribution in [2.75, 3.05) is 0 Å². The summed E-state index contributed by atoms with van der Waals surface area (Å²) in [7, 11) is 0. The van der Waals surface area contributed by atoms with Crippen LogP contribution >= 0.6 is 11.3 Å². The molecule has 1 aromatic heterocycles. The Balaban J connectivity index is 1.64. The molecule has 0 spiro atoms. The average Bonchev–Trinajstić information content (AvgIpc) is 2.97. The number of hydrogen-bond acceptors (Lipinski definition) is 3. The molecule has 112 valence electrons. The van der Waals surface area contributed by atoms with Gasteiger partial charge in [-0.3, -0.25) is 0 Å². The largest absolute Gasteiger partial charge is 0.392 e. The number of aromatic nitrogens is 1. The van der Waals surface area contributed by atoms with Gasteiger partial charge in [0.05, 0.1) is 16.8 Å². The standard InChI is InChI=1S/C18H23NOS/c1-13-6-5-9-15(10-13)17(20)11-18-19-16(12-21-18)14-7-3-2-4-8-14/h2-4,7-8,12-13,15,17,20H,5-6,9-11H2,1H3. The molecule has 21 heavy (non-hydrogen) atoms. The summed E-state index contributed by atoms with van der Waals surface area (Å²) in [5, 5.41) is 13.6. The van der Waals surface area contributed by atoms with Crippen molar-refractivity contribution in [3.63, 3.8) is 0 Å². The van der Waals surface area contributed by atoms with Crippen LogP contribution < -0.4 is 0 Å². The highest BCUT2D eigenvalue weighted by Gasteiger charge is 2.26. The van der Waals surface area contributed by atoms with E-state index >= 15 is 0 Å². The van der Waals surface area contributed by atoms with E-state index in [1.165, 1.54) is 19.3 Å². The van der Waals surface area contributed by atoms with Crippen LogP contribution in [0.2, 0.25) is 0 Å². The van der Waals surface area contributed by atoms with E-state index in [2.05, 4.69) is 24.4 Å². The fourth-order valence-electron chi connectivity index (χ4n) is 3.32. The quantitative estimate of drug-likeness (QED) is 0.899. The van der Waals surface area contributed by atoms with Crippen LogP contribution in [-0.2, 0) is 6.42 Å². The molecule has 0 saturated heterocycles. The van der Waals surface area contributed by atoms with Gasteiger partial charge in [0.2, 0.25) is 0 Å². The van der Waals surface area contributed by atoms with Crippen LogP contribution in [0.15, 0.2) is 35.7 Å². The number of aliphatic hydroxyl groups excluding tert-OH is 1. The Kier molecular flexibility index (Phi) is 4.71. The second-order valence-corrected chi connectivity index (χ2v) is 7.24. The Morgan fingerprint density at radius 1 is 1.29 bits per heavy atom. The van der Waals surface area contributed by atoms with Crippen molar-refractivity contribution < 1.29 is 5.11 Å². The Hall–Kier alpha value is -1.19. The van der Waals surface area contributed by atoms with Crippen molar-refractivity contribution in [1.29, 1.82) is 0 Å². The third kappa shape index (κ3) is 3.72. The topological polar surface area (TPSA) is 33.1 Å². The van der Waals surface area contributed by atoms with Gasteiger partial charge in [0.25, 0.3) is 0 Å². The summed E-state index contributed by atoms with van der Waals surface area (Å²) in [6.07, 6.45) is 5.38. The monoisotopic (exact) mass is 301 g/mol. The SMILES string of the molecule is CC1CCCC(C(O)Cc2nc(-c3ccccc3)cs2)C1. The van der Waals surface area contributed by atoms with Crippen molar-refractivity contribution in [3.05, 3.63) is 40.7 Å². The number of rotatable bonds is 4. The lowest BCUT2D eigenvalue weighted by molar-refractivity contribution is 0.0720. The molecule has 0 aliphatic heterocycles. The van der Waals surface area contributed by atoms with Gasteiger partial charge in [0.15, 0.2) is 0 Å². The molecule has 0 amide bonds. The molecule has 1 fully saturated rings. The summed E-state index contributed by atoms with van der Waals surface area (Å²) in [5.74, 6) is 1.22. The third-order valence-corrected chi connectivity index (χ3v) is 5.40. The molecule has 1 saturated carbocycles. The minimum atomic E-state index is -0.234. The molecule has 3 rings (SSSR count). The Morgan fingerprint density at radius 3 is 2.86 bits per heavy atom. The first-order valence-electron chi connectivity index (χ1n) is 7.90. The first-order chi connectivity index (χ1) is 10.2. The number of nitrogens with zero attached hydrogens (tertiary/aromatic N) is 1. The fraction of sp³-hybridized carbons (Fsp3) is 0.500. The van der Waals surface area contributed by atoms with Gasteiger partial charge in [-0.25, -0.2) is 4.98 Å². The van der Waals surface area contributed by atoms with Gasteiger partial charge in [-0.15, -0.1) is 11.3 Å². The number of benzene rings is 1. The molecular weight excluding hydrogens is 278 g/mol. The van der Waals surface area contributed by atoms with Gasteiger partial charge < -0.3 is 5.11 Å². The summed E-state index contributed by atoms with van der Waals surface area (Å²) in [6, 6.07) is 10.3. The smallest absolute Gasteiger partial charge is 0.0958 e. The molecule has 0 radical (unpaired) electrons. The number of hydrogen-bond donors (Lipinski definition) is 1. The van der Waals surface area contributed by atoms with Gasteiger partial charge in [0, 0.05) is 17.4 Å². The number of aliphatic hydroxyl groups is 1. The van der Waals surface area contributed by atoms with Crippen LogP contribution in [0.4, 0.5) is 0 Å². The molecular formula is C18H23NOS. The van der Waals surface area contributed by atoms with E-state index in [9.17, 15) is 5.11 Å². The molecule has 1 aliphatic rings. The van der Waals surface area contributed by atoms with Crippen molar-refractivity contribution in [2.24, 2.45) is 11.8 Å². The predicted molar refractivity (Wildman–Crippen MR) is 88.4 cm³/mol. The van der Waals surface area contributed by atoms with Crippen LogP contribution in [-0.4, -0.2) is 16.2 Å². The van der Waals surface area contributed by atoms with E-state index < -0.39 is 0 Å². The van der Waals surface area contributed by atoms with Gasteiger partial charge in [-0.1, -0.05) is 50.1 Å². The molecule has 1 N–H and O–H groups in total. The van der Waals surface area contributed by atoms with E-state index in [4.69, 9.17) is 4.98 Å². The van der Waals surface area contributed by atoms with Crippen molar-refractivity contribution in [1.82, 2.24) is 4.98 Å². The van der Waals surface area contributed by atoms with E-state index in [1.54, 1.807) is 11.3 Å². The second kappa shape index (κ2) is 6.71. The van der Waals surface area contributed by atoms with E-state index in [1.807, 2.05) is 18.2 Å². The molecule has 3 atom stereocenters. The minimum Gasteiger partial charge on any atom is -0.392 e. The Bertz CT molecular complexity index is 566. The maximum atomic E-state index is 10.5. The second-order valence-electron chi connectivity index (χ2n) is 6.30. The lowest BCUT2D eigenvalue weighted by Crippen LogP contribution is -2.27. The third-order valence-electron chi connectivity index (χ3n) is 4.53. The average molecular weight is 301 g/mol. The maximum Gasteiger partial charge on any atom is 0.0958 e. The zero-order valence-corrected chi connectivity index (χ0v) is 13.4. The predicted octanol–water partition coefficient (Wildman–Crippen LogP) is 4.54. The minimum absolute atomic E-state index is 0.234. The zero-order valence-electron chi connectivity index (χ0n) is 12.5. The summed E-state index contributed by atoms with van der Waals surface area (Å²) in [5.41, 5.74) is 2.18. The van der Waals surface area contributed by atoms with Crippen LogP contribution in [0.5, 0.6) is 0 Å². The molecule has 1 aromatic carbocycles. The van der Waals surface area contributed by atoms with Crippen molar-refractivity contribution >= 4 is 11.3 Å². The molecule has 0 bridgehead atoms. The number of thiazole rings is 1. The summed E-state index contributed by atoms with van der Waals surface area (Å²) >= 11 is 1.67. The highest BCUT2D eigenvalue weighted by molar-refractivity contribution is 7.09. The highest BCUT2D eigenvalue weighted by Crippen LogP contribution is 2.32. The Labute approximate surface area is 130 Å². The zero-order chi connectivity index (χ0) is 14.7. The first kappa shape index (κ1) is 14.7. The van der Waals surface area contributed by atoms with Crippen LogP contribution in [0.1, 0.15) is 37.6 Å². The summed E-state index contributed by atoms with van der Waals surface area (Å²) < 4.78 is 0. The van der Waals surface area contributed by atoms with E-state index in [0.717, 1.165) is 28.6 Å². The molecule has 2 nitrogen and oxygen atoms in total. The van der Waals surface area contributed by atoms with Gasteiger partial charge in [0.1, 0.15) is 0 Å². The Morgan fingerprint density at radius 2 is 2.10 bits per heavy atom. The van der Waals surface area contributed by atoms with Crippen molar-refractivity contribution in [2.45, 2.75) is 45.1 Å². The van der Waals surface area contributed by atoms with E-state index in [0.29, 0.717) is 12.3 Å². The van der Waals surface area contributed by atoms with Crippen LogP contribution in [0.25, 0.3) is 11.3 Å². The van der Waals surface area contributed by atoms with Crippen LogP contribution in [0, 0.1) is 11.8 Å². The molecule has 1 heterocycles. The van der Waals surface area contributed by atoms with Crippen molar-refractivity contribution in [3.8, 4) is 11.3 Å². The lowest BCUT2D eigenvalue weighted by atomic mass is 9.79. The van der Waals surface area contributed by atoms with E-state index in [-0.39, 0.29) is 6.10 Å². The van der Waals surface area contributed by atoms with Crippen LogP contribution in [0.3, 0.4) is 0 Å². The molecule has 1 aliphatic carbocycles. The summed E-state index contributed by atoms with van der Waals surface area (Å²) in [6.45, 7) is 2.30. The lowest BCUT2D eigenvalue weighted by Gasteiger charge is -2.30. The van der Waals surface area contributed by atoms with Gasteiger partial charge >= 0.3 is 0 Å². The first-order valence-corrected chi connectivity index (χ1v) is 8.78. The molecule has 3 heteroatoms. The maximum absolute atomic E-state index is 10.5. The van der Waals surface area contributed by atoms with Gasteiger partial charge in [-0.05, 0) is 24.7 Å². The highest BCUT2D eigenvalue weighted by atomic mass is 32.1.